The molecule has 1 fully saturated rings. The largest absolute Gasteiger partial charge is 0.497 e. The quantitative estimate of drug-likeness (QED) is 0.270. The summed E-state index contributed by atoms with van der Waals surface area (Å²) < 4.78 is 12.5. The number of allylic oxidation sites excluding steroid dienone is 1. The van der Waals surface area contributed by atoms with Gasteiger partial charge in [-0.2, -0.15) is 10.2 Å². The van der Waals surface area contributed by atoms with Gasteiger partial charge in [-0.05, 0) is 30.4 Å². The maximum Gasteiger partial charge on any atom is 0.261 e. The molecule has 1 amide bonds. The molecular formula is C31H38ClN7O4. The maximum absolute atomic E-state index is 14.0. The van der Waals surface area contributed by atoms with E-state index in [1.165, 1.54) is 14.2 Å². The zero-order valence-electron chi connectivity index (χ0n) is 25.5. The molecule has 11 nitrogen and oxygen atoms in total. The molecule has 1 aliphatic rings. The van der Waals surface area contributed by atoms with Crippen molar-refractivity contribution in [3.05, 3.63) is 51.4 Å². The highest BCUT2D eigenvalue weighted by atomic mass is 35.5. The molecule has 0 saturated carbocycles. The van der Waals surface area contributed by atoms with Crippen LogP contribution in [-0.4, -0.2) is 72.3 Å². The van der Waals surface area contributed by atoms with Crippen molar-refractivity contribution in [2.75, 3.05) is 46.2 Å². The molecule has 4 rings (SSSR count). The van der Waals surface area contributed by atoms with E-state index in [4.69, 9.17) is 21.1 Å². The monoisotopic (exact) mass is 607 g/mol. The lowest BCUT2D eigenvalue weighted by atomic mass is 9.93. The Hall–Kier alpha value is -4.14. The number of methoxy groups -OCH3 is 2. The van der Waals surface area contributed by atoms with Crippen LogP contribution < -0.4 is 25.7 Å². The molecule has 0 spiro atoms. The Labute approximate surface area is 256 Å². The lowest BCUT2D eigenvalue weighted by Gasteiger charge is -2.32. The van der Waals surface area contributed by atoms with Gasteiger partial charge in [-0.15, -0.1) is 0 Å². The van der Waals surface area contributed by atoms with E-state index >= 15 is 0 Å². The summed E-state index contributed by atoms with van der Waals surface area (Å²) in [5.74, 6) is 0.978. The minimum absolute atomic E-state index is 0.0246. The van der Waals surface area contributed by atoms with Gasteiger partial charge in [0.25, 0.3) is 11.5 Å². The maximum atomic E-state index is 14.0. The minimum Gasteiger partial charge on any atom is -0.497 e. The summed E-state index contributed by atoms with van der Waals surface area (Å²) in [5, 5.41) is 16.4. The van der Waals surface area contributed by atoms with Crippen LogP contribution in [-0.2, 0) is 11.3 Å². The number of ether oxygens (including phenoxy) is 2. The first-order valence-corrected chi connectivity index (χ1v) is 14.5. The number of halogens is 1. The molecule has 0 bridgehead atoms. The number of anilines is 1. The van der Waals surface area contributed by atoms with Crippen molar-refractivity contribution in [3.8, 4) is 28.7 Å². The number of hydrogen-bond donors (Lipinski definition) is 2. The van der Waals surface area contributed by atoms with Crippen LogP contribution in [0, 0.1) is 16.7 Å². The molecule has 0 aliphatic carbocycles. The third-order valence-electron chi connectivity index (χ3n) is 7.31. The smallest absolute Gasteiger partial charge is 0.261 e. The van der Waals surface area contributed by atoms with Crippen molar-refractivity contribution >= 4 is 34.5 Å². The van der Waals surface area contributed by atoms with E-state index in [0.717, 1.165) is 25.9 Å². The number of amides is 1. The molecule has 2 aromatic heterocycles. The molecule has 1 saturated heterocycles. The molecular weight excluding hydrogens is 570 g/mol. The van der Waals surface area contributed by atoms with Gasteiger partial charge in [0.15, 0.2) is 0 Å². The second-order valence-corrected chi connectivity index (χ2v) is 11.9. The van der Waals surface area contributed by atoms with Crippen LogP contribution in [0.2, 0.25) is 5.02 Å². The average molecular weight is 608 g/mol. The fraction of sp³-hybridized carbons (Fsp3) is 0.452. The van der Waals surface area contributed by atoms with Crippen molar-refractivity contribution in [2.45, 2.75) is 46.2 Å². The van der Waals surface area contributed by atoms with Crippen LogP contribution in [0.15, 0.2) is 40.8 Å². The SMILES string of the molecule is CNc1ncc2cc(-c3cc(OC)cc(OC)c3Cl)c(=O)n(CCN3CCC(NC(=O)C(C#N)=CC(C)(C)C)CC3)c2n1. The number of hydrogen-bond acceptors (Lipinski definition) is 9. The Balaban J connectivity index is 1.57. The number of nitrogens with one attached hydrogen (secondary N) is 2. The van der Waals surface area contributed by atoms with Crippen molar-refractivity contribution < 1.29 is 14.3 Å². The Morgan fingerprint density at radius 2 is 1.88 bits per heavy atom. The second kappa shape index (κ2) is 13.4. The summed E-state index contributed by atoms with van der Waals surface area (Å²) in [4.78, 5) is 37.9. The Morgan fingerprint density at radius 3 is 2.49 bits per heavy atom. The first-order valence-electron chi connectivity index (χ1n) is 14.1. The topological polar surface area (TPSA) is 134 Å². The fourth-order valence-electron chi connectivity index (χ4n) is 5.10. The molecule has 0 radical (unpaired) electrons. The van der Waals surface area contributed by atoms with Crippen LogP contribution in [0.5, 0.6) is 11.5 Å². The van der Waals surface area contributed by atoms with E-state index in [9.17, 15) is 14.9 Å². The molecule has 43 heavy (non-hydrogen) atoms. The summed E-state index contributed by atoms with van der Waals surface area (Å²) >= 11 is 6.67. The van der Waals surface area contributed by atoms with E-state index in [1.807, 2.05) is 26.8 Å². The number of fused-ring (bicyclic) bond motifs is 1. The lowest BCUT2D eigenvalue weighted by molar-refractivity contribution is -0.118. The van der Waals surface area contributed by atoms with E-state index in [0.29, 0.717) is 57.7 Å². The lowest BCUT2D eigenvalue weighted by Crippen LogP contribution is -2.46. The summed E-state index contributed by atoms with van der Waals surface area (Å²) in [5.41, 5.74) is 1.00. The van der Waals surface area contributed by atoms with Gasteiger partial charge in [0.2, 0.25) is 5.95 Å². The normalized spacial score (nSPS) is 14.8. The minimum atomic E-state index is -0.335. The number of carbonyl (C=O) groups is 1. The molecule has 0 unspecified atom stereocenters. The first-order chi connectivity index (χ1) is 20.5. The standard InChI is InChI=1S/C31H38ClN7O4/c1-31(2,3)16-20(17-33)28(40)36-21-7-9-38(10-8-21)11-12-39-27-19(18-35-30(34-4)37-27)13-24(29(39)41)23-14-22(42-5)15-25(43-6)26(23)32/h13-16,18,21H,7-12H2,1-6H3,(H,36,40)(H,34,35,37). The van der Waals surface area contributed by atoms with E-state index < -0.39 is 0 Å². The van der Waals surface area contributed by atoms with Crippen molar-refractivity contribution in [1.82, 2.24) is 24.8 Å². The highest BCUT2D eigenvalue weighted by Crippen LogP contribution is 2.38. The molecule has 12 heteroatoms. The van der Waals surface area contributed by atoms with Gasteiger partial charge in [-0.1, -0.05) is 38.4 Å². The summed E-state index contributed by atoms with van der Waals surface area (Å²) in [6, 6.07) is 7.13. The summed E-state index contributed by atoms with van der Waals surface area (Å²) in [7, 11) is 4.77. The number of nitriles is 1. The van der Waals surface area contributed by atoms with Gasteiger partial charge in [0.05, 0.1) is 19.2 Å². The van der Waals surface area contributed by atoms with E-state index in [-0.39, 0.29) is 28.5 Å². The number of benzene rings is 1. The Morgan fingerprint density at radius 1 is 1.16 bits per heavy atom. The number of carbonyl (C=O) groups excluding carboxylic acids is 1. The van der Waals surface area contributed by atoms with Crippen LogP contribution >= 0.6 is 11.6 Å². The van der Waals surface area contributed by atoms with Gasteiger partial charge in [0, 0.05) is 68.0 Å². The zero-order valence-corrected chi connectivity index (χ0v) is 26.2. The number of rotatable bonds is 9. The van der Waals surface area contributed by atoms with Gasteiger partial charge in [-0.3, -0.25) is 14.2 Å². The number of pyridine rings is 1. The predicted molar refractivity (Wildman–Crippen MR) is 168 cm³/mol. The van der Waals surface area contributed by atoms with Crippen LogP contribution in [0.4, 0.5) is 5.95 Å². The van der Waals surface area contributed by atoms with Crippen LogP contribution in [0.1, 0.15) is 33.6 Å². The third-order valence-corrected chi connectivity index (χ3v) is 7.70. The highest BCUT2D eigenvalue weighted by molar-refractivity contribution is 6.35. The number of nitrogens with zero attached hydrogens (tertiary/aromatic N) is 5. The zero-order chi connectivity index (χ0) is 31.3. The Bertz CT molecular complexity index is 1630. The number of likely N-dealkylation sites (tertiary alicyclic amines) is 1. The molecule has 1 aliphatic heterocycles. The fourth-order valence-corrected chi connectivity index (χ4v) is 5.39. The van der Waals surface area contributed by atoms with Crippen LogP contribution in [0.25, 0.3) is 22.2 Å². The van der Waals surface area contributed by atoms with Crippen molar-refractivity contribution in [1.29, 1.82) is 5.26 Å². The van der Waals surface area contributed by atoms with Crippen molar-refractivity contribution in [3.63, 3.8) is 0 Å². The Kier molecular flexibility index (Phi) is 9.94. The summed E-state index contributed by atoms with van der Waals surface area (Å²) in [6.07, 6.45) is 4.85. The number of aromatic nitrogens is 3. The predicted octanol–water partition coefficient (Wildman–Crippen LogP) is 4.25. The molecule has 3 heterocycles. The van der Waals surface area contributed by atoms with Gasteiger partial charge < -0.3 is 25.0 Å². The first kappa shape index (κ1) is 31.8. The van der Waals surface area contributed by atoms with Crippen LogP contribution in [0.3, 0.4) is 0 Å². The molecule has 228 valence electrons. The van der Waals surface area contributed by atoms with Gasteiger partial charge in [0.1, 0.15) is 28.8 Å². The third kappa shape index (κ3) is 7.45. The molecule has 3 aromatic rings. The molecule has 2 N–H and O–H groups in total. The van der Waals surface area contributed by atoms with Gasteiger partial charge in [-0.25, -0.2) is 4.98 Å². The van der Waals surface area contributed by atoms with E-state index in [1.54, 1.807) is 42.1 Å². The van der Waals surface area contributed by atoms with Gasteiger partial charge >= 0.3 is 0 Å². The second-order valence-electron chi connectivity index (χ2n) is 11.6. The summed E-state index contributed by atoms with van der Waals surface area (Å²) in [6.45, 7) is 8.30. The van der Waals surface area contributed by atoms with E-state index in [2.05, 4.69) is 25.5 Å². The van der Waals surface area contributed by atoms with Crippen molar-refractivity contribution in [2.24, 2.45) is 5.41 Å². The molecule has 1 aromatic carbocycles. The number of piperidine rings is 1. The average Bonchev–Trinajstić information content (AvgIpc) is 2.99. The molecule has 0 atom stereocenters. The highest BCUT2D eigenvalue weighted by Gasteiger charge is 2.24.